The molecule has 0 radical (unpaired) electrons. The van der Waals surface area contributed by atoms with Crippen LogP contribution in [0.1, 0.15) is 18.9 Å². The average molecular weight is 320 g/mol. The highest BCUT2D eigenvalue weighted by Gasteiger charge is 2.44. The normalized spacial score (nSPS) is 24.7. The Morgan fingerprint density at radius 1 is 1.35 bits per heavy atom. The fourth-order valence-electron chi connectivity index (χ4n) is 2.80. The van der Waals surface area contributed by atoms with Crippen molar-refractivity contribution in [3.63, 3.8) is 0 Å². The largest absolute Gasteiger partial charge is 0.465 e. The van der Waals surface area contributed by atoms with E-state index in [0.29, 0.717) is 32.7 Å². The van der Waals surface area contributed by atoms with Gasteiger partial charge in [-0.05, 0) is 12.5 Å². The van der Waals surface area contributed by atoms with E-state index in [0.717, 1.165) is 5.56 Å². The van der Waals surface area contributed by atoms with Gasteiger partial charge < -0.3 is 9.47 Å². The van der Waals surface area contributed by atoms with Crippen molar-refractivity contribution in [2.45, 2.75) is 32.2 Å². The molecule has 2 heterocycles. The number of ether oxygens (including phenoxy) is 2. The topological polar surface area (TPSA) is 68.3 Å². The molecule has 2 aliphatic heterocycles. The molecule has 1 aromatic carbocycles. The summed E-state index contributed by atoms with van der Waals surface area (Å²) in [5.74, 6) is -0.335. The first-order valence-electron chi connectivity index (χ1n) is 7.76. The molecule has 0 aromatic heterocycles. The van der Waals surface area contributed by atoms with E-state index in [9.17, 15) is 9.59 Å². The lowest BCUT2D eigenvalue weighted by molar-refractivity contribution is -0.203. The third-order valence-electron chi connectivity index (χ3n) is 3.91. The van der Waals surface area contributed by atoms with E-state index in [1.54, 1.807) is 12.0 Å². The Hall–Kier alpha value is -2.12. The Morgan fingerprint density at radius 2 is 2.13 bits per heavy atom. The molecule has 1 amide bonds. The molecule has 0 N–H and O–H groups in total. The molecule has 7 nitrogen and oxygen atoms in total. The van der Waals surface area contributed by atoms with E-state index in [-0.39, 0.29) is 5.97 Å². The Balaban J connectivity index is 1.73. The fourth-order valence-corrected chi connectivity index (χ4v) is 2.80. The molecular formula is C16H20N2O5. The molecule has 0 aliphatic carbocycles. The predicted octanol–water partition coefficient (Wildman–Crippen LogP) is 1.53. The monoisotopic (exact) mass is 320 g/mol. The van der Waals surface area contributed by atoms with E-state index in [4.69, 9.17) is 14.3 Å². The molecule has 2 fully saturated rings. The Morgan fingerprint density at radius 3 is 2.78 bits per heavy atom. The van der Waals surface area contributed by atoms with Crippen molar-refractivity contribution >= 4 is 12.1 Å². The van der Waals surface area contributed by atoms with Crippen LogP contribution in [0.4, 0.5) is 4.79 Å². The van der Waals surface area contributed by atoms with Crippen LogP contribution in [0, 0.1) is 0 Å². The molecule has 0 unspecified atom stereocenters. The third kappa shape index (κ3) is 3.46. The number of benzene rings is 1. The van der Waals surface area contributed by atoms with Crippen LogP contribution in [0.3, 0.4) is 0 Å². The van der Waals surface area contributed by atoms with Gasteiger partial charge in [0.05, 0.1) is 19.7 Å². The maximum atomic E-state index is 12.2. The molecule has 0 saturated carbocycles. The molecule has 2 aliphatic rings. The first-order chi connectivity index (χ1) is 11.2. The Kier molecular flexibility index (Phi) is 4.78. The second-order valence-corrected chi connectivity index (χ2v) is 5.43. The van der Waals surface area contributed by atoms with Gasteiger partial charge in [-0.15, -0.1) is 0 Å². The van der Waals surface area contributed by atoms with Gasteiger partial charge in [0.2, 0.25) is 0 Å². The van der Waals surface area contributed by atoms with Gasteiger partial charge in [-0.3, -0.25) is 14.5 Å². The average Bonchev–Trinajstić information content (AvgIpc) is 3.15. The number of nitrogens with zero attached hydrogens (tertiary/aromatic N) is 2. The van der Waals surface area contributed by atoms with E-state index in [1.165, 1.54) is 4.90 Å². The summed E-state index contributed by atoms with van der Waals surface area (Å²) in [6.45, 7) is 3.35. The van der Waals surface area contributed by atoms with Crippen LogP contribution in [0.25, 0.3) is 0 Å². The molecule has 1 aromatic rings. The molecule has 2 atom stereocenters. The second kappa shape index (κ2) is 6.97. The van der Waals surface area contributed by atoms with Gasteiger partial charge in [0.15, 0.2) is 6.23 Å². The molecule has 2 saturated heterocycles. The minimum Gasteiger partial charge on any atom is -0.465 e. The molecule has 124 valence electrons. The summed E-state index contributed by atoms with van der Waals surface area (Å²) < 4.78 is 10.1. The summed E-state index contributed by atoms with van der Waals surface area (Å²) in [7, 11) is 0. The third-order valence-corrected chi connectivity index (χ3v) is 3.91. The number of cyclic esters (lactones) is 1. The van der Waals surface area contributed by atoms with Crippen LogP contribution in [-0.2, 0) is 25.7 Å². The minimum atomic E-state index is -0.534. The maximum Gasteiger partial charge on any atom is 0.412 e. The van der Waals surface area contributed by atoms with Crippen molar-refractivity contribution < 1.29 is 23.9 Å². The summed E-state index contributed by atoms with van der Waals surface area (Å²) in [5.41, 5.74) is 1.02. The Bertz CT molecular complexity index is 565. The molecule has 0 bridgehead atoms. The van der Waals surface area contributed by atoms with Gasteiger partial charge >= 0.3 is 12.1 Å². The van der Waals surface area contributed by atoms with Crippen molar-refractivity contribution in [2.75, 3.05) is 19.8 Å². The lowest BCUT2D eigenvalue weighted by atomic mass is 10.1. The van der Waals surface area contributed by atoms with Crippen LogP contribution in [-0.4, -0.2) is 54.1 Å². The molecule has 7 heteroatoms. The summed E-state index contributed by atoms with van der Waals surface area (Å²) in [5, 5.41) is 1.60. The lowest BCUT2D eigenvalue weighted by Gasteiger charge is -2.23. The first-order valence-corrected chi connectivity index (χ1v) is 7.76. The maximum absolute atomic E-state index is 12.2. The fraction of sp³-hybridized carbons (Fsp3) is 0.500. The lowest BCUT2D eigenvalue weighted by Crippen LogP contribution is -2.36. The SMILES string of the molecule is CCOC(=O)[C@H]1C[C@H](N2CCOC2=O)ON1Cc1ccccc1. The van der Waals surface area contributed by atoms with Crippen LogP contribution in [0.15, 0.2) is 30.3 Å². The standard InChI is InChI=1S/C16H20N2O5/c1-2-21-15(19)13-10-14(17-8-9-22-16(17)20)23-18(13)11-12-6-4-3-5-7-12/h3-7,13-14H,2,8-11H2,1H3/t13-,14-/m1/s1. The number of carbonyl (C=O) groups excluding carboxylic acids is 2. The van der Waals surface area contributed by atoms with Crippen LogP contribution in [0.2, 0.25) is 0 Å². The van der Waals surface area contributed by atoms with Gasteiger partial charge in [0.1, 0.15) is 12.6 Å². The zero-order valence-corrected chi connectivity index (χ0v) is 13.0. The van der Waals surface area contributed by atoms with Crippen LogP contribution < -0.4 is 0 Å². The van der Waals surface area contributed by atoms with Gasteiger partial charge in [-0.25, -0.2) is 4.79 Å². The molecule has 23 heavy (non-hydrogen) atoms. The summed E-state index contributed by atoms with van der Waals surface area (Å²) >= 11 is 0. The van der Waals surface area contributed by atoms with Gasteiger partial charge in [0, 0.05) is 6.42 Å². The van der Waals surface area contributed by atoms with Gasteiger partial charge in [-0.2, -0.15) is 5.06 Å². The van der Waals surface area contributed by atoms with E-state index >= 15 is 0 Å². The highest BCUT2D eigenvalue weighted by molar-refractivity contribution is 5.76. The number of esters is 1. The summed E-state index contributed by atoms with van der Waals surface area (Å²) in [4.78, 5) is 31.3. The number of carbonyl (C=O) groups is 2. The highest BCUT2D eigenvalue weighted by atomic mass is 16.7. The zero-order valence-electron chi connectivity index (χ0n) is 13.0. The number of rotatable bonds is 5. The zero-order chi connectivity index (χ0) is 16.2. The van der Waals surface area contributed by atoms with Crippen LogP contribution in [0.5, 0.6) is 0 Å². The van der Waals surface area contributed by atoms with Gasteiger partial charge in [0.25, 0.3) is 0 Å². The van der Waals surface area contributed by atoms with E-state index in [1.807, 2.05) is 30.3 Å². The number of hydroxylamine groups is 2. The number of hydrogen-bond donors (Lipinski definition) is 0. The smallest absolute Gasteiger partial charge is 0.412 e. The van der Waals surface area contributed by atoms with Crippen molar-refractivity contribution in [1.29, 1.82) is 0 Å². The van der Waals surface area contributed by atoms with Crippen molar-refractivity contribution in [2.24, 2.45) is 0 Å². The predicted molar refractivity (Wildman–Crippen MR) is 80.0 cm³/mol. The summed E-state index contributed by atoms with van der Waals surface area (Å²) in [6, 6.07) is 9.18. The van der Waals surface area contributed by atoms with Crippen molar-refractivity contribution in [3.05, 3.63) is 35.9 Å². The van der Waals surface area contributed by atoms with Crippen molar-refractivity contribution in [1.82, 2.24) is 9.96 Å². The quantitative estimate of drug-likeness (QED) is 0.767. The van der Waals surface area contributed by atoms with Gasteiger partial charge in [-0.1, -0.05) is 30.3 Å². The Labute approximate surface area is 134 Å². The van der Waals surface area contributed by atoms with Crippen molar-refractivity contribution in [3.8, 4) is 0 Å². The summed E-state index contributed by atoms with van der Waals surface area (Å²) in [6.07, 6.45) is -0.525. The van der Waals surface area contributed by atoms with E-state index in [2.05, 4.69) is 0 Å². The first kappa shape index (κ1) is 15.8. The number of amides is 1. The second-order valence-electron chi connectivity index (χ2n) is 5.43. The molecule has 0 spiro atoms. The van der Waals surface area contributed by atoms with Crippen LogP contribution >= 0.6 is 0 Å². The number of hydrogen-bond acceptors (Lipinski definition) is 6. The highest BCUT2D eigenvalue weighted by Crippen LogP contribution is 2.28. The minimum absolute atomic E-state index is 0.310. The molecular weight excluding hydrogens is 300 g/mol. The molecule has 3 rings (SSSR count). The van der Waals surface area contributed by atoms with E-state index < -0.39 is 18.4 Å².